The van der Waals surface area contributed by atoms with Crippen LogP contribution < -0.4 is 5.32 Å². The third-order valence-electron chi connectivity index (χ3n) is 3.42. The Labute approximate surface area is 115 Å². The van der Waals surface area contributed by atoms with Crippen molar-refractivity contribution in [3.63, 3.8) is 0 Å². The highest BCUT2D eigenvalue weighted by Crippen LogP contribution is 2.20. The summed E-state index contributed by atoms with van der Waals surface area (Å²) in [5.41, 5.74) is -0.0710. The summed E-state index contributed by atoms with van der Waals surface area (Å²) in [7, 11) is 1.50. The molecule has 1 saturated heterocycles. The number of carbonyl (C=O) groups excluding carboxylic acids is 2. The molecule has 0 unspecified atom stereocenters. The summed E-state index contributed by atoms with van der Waals surface area (Å²) in [6, 6.07) is 2.11. The number of halogens is 2. The zero-order valence-corrected chi connectivity index (χ0v) is 11.2. The fraction of sp³-hybridized carbons (Fsp3) is 0.429. The monoisotopic (exact) mass is 282 g/mol. The van der Waals surface area contributed by atoms with Crippen LogP contribution in [0.2, 0.25) is 0 Å². The Bertz CT molecular complexity index is 514. The van der Waals surface area contributed by atoms with Crippen LogP contribution in [-0.4, -0.2) is 36.3 Å². The minimum atomic E-state index is -0.804. The fourth-order valence-electron chi connectivity index (χ4n) is 2.46. The van der Waals surface area contributed by atoms with Crippen LogP contribution in [0.25, 0.3) is 0 Å². The van der Waals surface area contributed by atoms with Gasteiger partial charge in [-0.05, 0) is 31.4 Å². The molecule has 1 fully saturated rings. The van der Waals surface area contributed by atoms with Gasteiger partial charge < -0.3 is 10.2 Å². The molecule has 4 nitrogen and oxygen atoms in total. The van der Waals surface area contributed by atoms with Gasteiger partial charge in [-0.1, -0.05) is 0 Å². The molecule has 6 heteroatoms. The van der Waals surface area contributed by atoms with E-state index in [-0.39, 0.29) is 11.5 Å². The molecule has 0 aromatic heterocycles. The molecule has 20 heavy (non-hydrogen) atoms. The number of likely N-dealkylation sites (N-methyl/N-ethyl adjacent to an activating group) is 1. The Morgan fingerprint density at radius 2 is 1.85 bits per heavy atom. The lowest BCUT2D eigenvalue weighted by Crippen LogP contribution is -2.51. The van der Waals surface area contributed by atoms with Crippen LogP contribution in [-0.2, 0) is 4.79 Å². The third-order valence-corrected chi connectivity index (χ3v) is 3.42. The molecule has 1 heterocycles. The number of nitrogens with zero attached hydrogens (tertiary/aromatic N) is 1. The number of piperidine rings is 1. The van der Waals surface area contributed by atoms with Crippen molar-refractivity contribution in [2.45, 2.75) is 25.3 Å². The number of hydrogen-bond donors (Lipinski definition) is 1. The molecule has 0 radical (unpaired) electrons. The molecule has 108 valence electrons. The summed E-state index contributed by atoms with van der Waals surface area (Å²) in [6.45, 7) is 0.412. The summed E-state index contributed by atoms with van der Waals surface area (Å²) in [4.78, 5) is 25.5. The van der Waals surface area contributed by atoms with Crippen LogP contribution >= 0.6 is 0 Å². The van der Waals surface area contributed by atoms with Crippen LogP contribution in [0.1, 0.15) is 29.6 Å². The predicted molar refractivity (Wildman–Crippen MR) is 69.1 cm³/mol. The van der Waals surface area contributed by atoms with Gasteiger partial charge in [-0.25, -0.2) is 8.78 Å². The maximum absolute atomic E-state index is 13.2. The van der Waals surface area contributed by atoms with E-state index in [0.717, 1.165) is 25.0 Å². The van der Waals surface area contributed by atoms with Crippen LogP contribution in [0.5, 0.6) is 0 Å². The van der Waals surface area contributed by atoms with Gasteiger partial charge in [-0.2, -0.15) is 0 Å². The van der Waals surface area contributed by atoms with Crippen LogP contribution in [0, 0.1) is 11.6 Å². The first-order chi connectivity index (χ1) is 9.52. The van der Waals surface area contributed by atoms with Gasteiger partial charge in [0.05, 0.1) is 0 Å². The molecule has 1 aromatic rings. The highest BCUT2D eigenvalue weighted by molar-refractivity contribution is 5.97. The normalized spacial score (nSPS) is 18.8. The summed E-state index contributed by atoms with van der Waals surface area (Å²) in [5, 5.41) is 2.51. The van der Waals surface area contributed by atoms with E-state index in [9.17, 15) is 18.4 Å². The van der Waals surface area contributed by atoms with E-state index in [1.165, 1.54) is 11.9 Å². The van der Waals surface area contributed by atoms with E-state index in [1.54, 1.807) is 0 Å². The van der Waals surface area contributed by atoms with E-state index in [2.05, 4.69) is 5.32 Å². The maximum atomic E-state index is 13.2. The molecule has 2 amide bonds. The topological polar surface area (TPSA) is 49.4 Å². The zero-order valence-electron chi connectivity index (χ0n) is 11.2. The largest absolute Gasteiger partial charge is 0.357 e. The average Bonchev–Trinajstić information content (AvgIpc) is 2.44. The Hall–Kier alpha value is -1.98. The van der Waals surface area contributed by atoms with Gasteiger partial charge in [-0.3, -0.25) is 9.59 Å². The second-order valence-electron chi connectivity index (χ2n) is 4.78. The predicted octanol–water partition coefficient (Wildman–Crippen LogP) is 1.71. The summed E-state index contributed by atoms with van der Waals surface area (Å²) < 4.78 is 26.4. The molecular weight excluding hydrogens is 266 g/mol. The smallest absolute Gasteiger partial charge is 0.254 e. The van der Waals surface area contributed by atoms with Crippen LogP contribution in [0.3, 0.4) is 0 Å². The van der Waals surface area contributed by atoms with Crippen molar-refractivity contribution in [3.05, 3.63) is 35.4 Å². The van der Waals surface area contributed by atoms with Crippen LogP contribution in [0.15, 0.2) is 18.2 Å². The number of nitrogens with one attached hydrogen (secondary N) is 1. The molecule has 1 aliphatic rings. The maximum Gasteiger partial charge on any atom is 0.254 e. The number of rotatable bonds is 2. The summed E-state index contributed by atoms with van der Waals surface area (Å²) >= 11 is 0. The molecule has 1 aliphatic heterocycles. The van der Waals surface area contributed by atoms with Crippen LogP contribution in [0.4, 0.5) is 8.78 Å². The molecule has 0 spiro atoms. The lowest BCUT2D eigenvalue weighted by Gasteiger charge is -2.34. The second kappa shape index (κ2) is 5.98. The molecule has 1 aromatic carbocycles. The molecule has 0 aliphatic carbocycles. The van der Waals surface area contributed by atoms with Gasteiger partial charge in [0.2, 0.25) is 5.91 Å². The number of hydrogen-bond acceptors (Lipinski definition) is 2. The van der Waals surface area contributed by atoms with Gasteiger partial charge in [0.15, 0.2) is 0 Å². The number of benzene rings is 1. The van der Waals surface area contributed by atoms with E-state index >= 15 is 0 Å². The first-order valence-corrected chi connectivity index (χ1v) is 6.51. The van der Waals surface area contributed by atoms with Gasteiger partial charge in [0.25, 0.3) is 5.91 Å². The van der Waals surface area contributed by atoms with Gasteiger partial charge >= 0.3 is 0 Å². The molecular formula is C14H16F2N2O2. The highest BCUT2D eigenvalue weighted by atomic mass is 19.1. The summed E-state index contributed by atoms with van der Waals surface area (Å²) in [5.74, 6) is -2.38. The molecule has 0 saturated carbocycles. The number of amides is 2. The standard InChI is InChI=1S/C14H16F2N2O2/c1-17-13(19)12-4-2-3-5-18(12)14(20)9-6-10(15)8-11(16)7-9/h6-8,12H,2-5H2,1H3,(H,17,19)/t12-/m1/s1. The van der Waals surface area contributed by atoms with Crippen molar-refractivity contribution >= 4 is 11.8 Å². The minimum absolute atomic E-state index is 0.0710. The zero-order chi connectivity index (χ0) is 14.7. The highest BCUT2D eigenvalue weighted by Gasteiger charge is 2.32. The number of likely N-dealkylation sites (tertiary alicyclic amines) is 1. The van der Waals surface area contributed by atoms with E-state index < -0.39 is 23.6 Å². The number of carbonyl (C=O) groups is 2. The van der Waals surface area contributed by atoms with Crippen molar-refractivity contribution in [2.75, 3.05) is 13.6 Å². The van der Waals surface area contributed by atoms with Gasteiger partial charge in [-0.15, -0.1) is 0 Å². The van der Waals surface area contributed by atoms with Crippen molar-refractivity contribution in [2.24, 2.45) is 0 Å². The van der Waals surface area contributed by atoms with Gasteiger partial charge in [0.1, 0.15) is 17.7 Å². The quantitative estimate of drug-likeness (QED) is 0.897. The molecule has 1 N–H and O–H groups in total. The lowest BCUT2D eigenvalue weighted by atomic mass is 10.00. The van der Waals surface area contributed by atoms with Crippen molar-refractivity contribution < 1.29 is 18.4 Å². The van der Waals surface area contributed by atoms with Crippen molar-refractivity contribution in [3.8, 4) is 0 Å². The Morgan fingerprint density at radius 3 is 2.45 bits per heavy atom. The van der Waals surface area contributed by atoms with Gasteiger partial charge in [0, 0.05) is 25.2 Å². The van der Waals surface area contributed by atoms with Crippen molar-refractivity contribution in [1.82, 2.24) is 10.2 Å². The third kappa shape index (κ3) is 2.95. The van der Waals surface area contributed by atoms with E-state index in [1.807, 2.05) is 0 Å². The Balaban J connectivity index is 2.27. The first kappa shape index (κ1) is 14.4. The van der Waals surface area contributed by atoms with Crippen molar-refractivity contribution in [1.29, 1.82) is 0 Å². The van der Waals surface area contributed by atoms with E-state index in [0.29, 0.717) is 19.0 Å². The molecule has 1 atom stereocenters. The molecule has 2 rings (SSSR count). The lowest BCUT2D eigenvalue weighted by molar-refractivity contribution is -0.126. The summed E-state index contributed by atoms with van der Waals surface area (Å²) in [6.07, 6.45) is 2.18. The Morgan fingerprint density at radius 1 is 1.20 bits per heavy atom. The molecule has 0 bridgehead atoms. The Kier molecular flexibility index (Phi) is 4.32. The fourth-order valence-corrected chi connectivity index (χ4v) is 2.46. The minimum Gasteiger partial charge on any atom is -0.357 e. The van der Waals surface area contributed by atoms with E-state index in [4.69, 9.17) is 0 Å². The second-order valence-corrected chi connectivity index (χ2v) is 4.78. The first-order valence-electron chi connectivity index (χ1n) is 6.51. The average molecular weight is 282 g/mol. The SMILES string of the molecule is CNC(=O)[C@H]1CCCCN1C(=O)c1cc(F)cc(F)c1.